The summed E-state index contributed by atoms with van der Waals surface area (Å²) in [7, 11) is 0. The molecule has 0 amide bonds. The number of anilines is 1. The molecule has 1 aromatic rings. The summed E-state index contributed by atoms with van der Waals surface area (Å²) in [6.07, 6.45) is 2.42. The number of hydrogen-bond acceptors (Lipinski definition) is 4. The molecule has 1 fully saturated rings. The molecule has 1 aliphatic heterocycles. The molecular weight excluding hydrogens is 266 g/mol. The average molecular weight is 289 g/mol. The Morgan fingerprint density at radius 2 is 2.30 bits per heavy atom. The van der Waals surface area contributed by atoms with Crippen LogP contribution in [0.1, 0.15) is 32.3 Å². The molecule has 3 nitrogen and oxygen atoms in total. The Bertz CT molecular complexity index is 481. The number of nitrogens with one attached hydrogen (secondary N) is 1. The number of likely N-dealkylation sites (N-methyl/N-ethyl adjacent to an activating group) is 1. The lowest BCUT2D eigenvalue weighted by Gasteiger charge is -2.33. The third-order valence-electron chi connectivity index (χ3n) is 3.75. The van der Waals surface area contributed by atoms with Crippen LogP contribution in [0.3, 0.4) is 0 Å². The first-order chi connectivity index (χ1) is 9.78. The quantitative estimate of drug-likeness (QED) is 0.841. The minimum atomic E-state index is 0.456. The van der Waals surface area contributed by atoms with E-state index in [0.717, 1.165) is 35.0 Å². The predicted octanol–water partition coefficient (Wildman–Crippen LogP) is 3.57. The van der Waals surface area contributed by atoms with Crippen molar-refractivity contribution in [2.45, 2.75) is 37.6 Å². The highest BCUT2D eigenvalue weighted by Crippen LogP contribution is 2.29. The standard InChI is InChI=1S/C16H23N3S/c1-3-19-10-6-7-13(12-19)18-15-8-5-9-16(20-4-2)14(15)11-17/h5,8-9,13,18H,3-4,6-7,10,12H2,1-2H3. The van der Waals surface area contributed by atoms with Gasteiger partial charge in [-0.1, -0.05) is 19.9 Å². The number of piperidine rings is 1. The summed E-state index contributed by atoms with van der Waals surface area (Å²) in [5.74, 6) is 0.991. The highest BCUT2D eigenvalue weighted by Gasteiger charge is 2.19. The number of nitrogens with zero attached hydrogens (tertiary/aromatic N) is 2. The molecule has 0 bridgehead atoms. The Labute approximate surface area is 126 Å². The van der Waals surface area contributed by atoms with E-state index in [1.807, 2.05) is 18.2 Å². The summed E-state index contributed by atoms with van der Waals surface area (Å²) >= 11 is 1.73. The molecule has 0 radical (unpaired) electrons. The van der Waals surface area contributed by atoms with E-state index >= 15 is 0 Å². The monoisotopic (exact) mass is 289 g/mol. The summed E-state index contributed by atoms with van der Waals surface area (Å²) in [6, 6.07) is 8.94. The van der Waals surface area contributed by atoms with Gasteiger partial charge in [0.05, 0.1) is 11.3 Å². The van der Waals surface area contributed by atoms with E-state index in [4.69, 9.17) is 0 Å². The number of hydrogen-bond donors (Lipinski definition) is 1. The zero-order valence-corrected chi connectivity index (χ0v) is 13.2. The van der Waals surface area contributed by atoms with Crippen molar-refractivity contribution in [2.75, 3.05) is 30.7 Å². The molecule has 1 aromatic carbocycles. The lowest BCUT2D eigenvalue weighted by molar-refractivity contribution is 0.227. The van der Waals surface area contributed by atoms with Gasteiger partial charge in [0.1, 0.15) is 6.07 Å². The van der Waals surface area contributed by atoms with Gasteiger partial charge in [-0.2, -0.15) is 5.26 Å². The predicted molar refractivity (Wildman–Crippen MR) is 86.3 cm³/mol. The van der Waals surface area contributed by atoms with Crippen LogP contribution in [0.4, 0.5) is 5.69 Å². The normalized spacial score (nSPS) is 19.6. The van der Waals surface area contributed by atoms with E-state index in [-0.39, 0.29) is 0 Å². The molecule has 2 rings (SSSR count). The molecular formula is C16H23N3S. The fourth-order valence-corrected chi connectivity index (χ4v) is 3.51. The van der Waals surface area contributed by atoms with Gasteiger partial charge < -0.3 is 10.2 Å². The highest BCUT2D eigenvalue weighted by molar-refractivity contribution is 7.99. The van der Waals surface area contributed by atoms with Crippen LogP contribution >= 0.6 is 11.8 Å². The molecule has 1 saturated heterocycles. The SMILES string of the molecule is CCSc1cccc(NC2CCCN(CC)C2)c1C#N. The Morgan fingerprint density at radius 3 is 3.00 bits per heavy atom. The van der Waals surface area contributed by atoms with Crippen molar-refractivity contribution in [2.24, 2.45) is 0 Å². The molecule has 0 saturated carbocycles. The third-order valence-corrected chi connectivity index (χ3v) is 4.69. The van der Waals surface area contributed by atoms with Crippen LogP contribution in [0.2, 0.25) is 0 Å². The van der Waals surface area contributed by atoms with Gasteiger partial charge in [0, 0.05) is 17.5 Å². The molecule has 1 N–H and O–H groups in total. The van der Waals surface area contributed by atoms with Crippen molar-refractivity contribution in [1.82, 2.24) is 4.90 Å². The zero-order valence-electron chi connectivity index (χ0n) is 12.4. The van der Waals surface area contributed by atoms with Crippen molar-refractivity contribution < 1.29 is 0 Å². The largest absolute Gasteiger partial charge is 0.380 e. The third kappa shape index (κ3) is 3.68. The number of nitriles is 1. The number of benzene rings is 1. The Kier molecular flexibility index (Phi) is 5.75. The summed E-state index contributed by atoms with van der Waals surface area (Å²) in [6.45, 7) is 7.71. The first kappa shape index (κ1) is 15.2. The maximum Gasteiger partial charge on any atom is 0.102 e. The van der Waals surface area contributed by atoms with Crippen LogP contribution in [0.25, 0.3) is 0 Å². The topological polar surface area (TPSA) is 39.1 Å². The van der Waals surface area contributed by atoms with Gasteiger partial charge in [-0.25, -0.2) is 0 Å². The number of likely N-dealkylation sites (tertiary alicyclic amines) is 1. The molecule has 108 valence electrons. The highest BCUT2D eigenvalue weighted by atomic mass is 32.2. The molecule has 1 atom stereocenters. The van der Waals surface area contributed by atoms with Gasteiger partial charge in [-0.3, -0.25) is 0 Å². The molecule has 0 spiro atoms. The Hall–Kier alpha value is -1.18. The van der Waals surface area contributed by atoms with E-state index in [9.17, 15) is 5.26 Å². The number of thioether (sulfide) groups is 1. The van der Waals surface area contributed by atoms with E-state index in [1.54, 1.807) is 11.8 Å². The lowest BCUT2D eigenvalue weighted by atomic mass is 10.0. The molecule has 1 unspecified atom stereocenters. The Morgan fingerprint density at radius 1 is 1.45 bits per heavy atom. The van der Waals surface area contributed by atoms with Crippen LogP contribution in [0, 0.1) is 11.3 Å². The van der Waals surface area contributed by atoms with Gasteiger partial charge in [-0.05, 0) is 43.8 Å². The van der Waals surface area contributed by atoms with Crippen molar-refractivity contribution in [3.63, 3.8) is 0 Å². The minimum absolute atomic E-state index is 0.456. The zero-order chi connectivity index (χ0) is 14.4. The molecule has 4 heteroatoms. The first-order valence-corrected chi connectivity index (χ1v) is 8.41. The van der Waals surface area contributed by atoms with E-state index < -0.39 is 0 Å². The first-order valence-electron chi connectivity index (χ1n) is 7.43. The minimum Gasteiger partial charge on any atom is -0.380 e. The van der Waals surface area contributed by atoms with E-state index in [1.165, 1.54) is 19.4 Å². The second kappa shape index (κ2) is 7.56. The van der Waals surface area contributed by atoms with Gasteiger partial charge in [-0.15, -0.1) is 11.8 Å². The summed E-state index contributed by atoms with van der Waals surface area (Å²) < 4.78 is 0. The van der Waals surface area contributed by atoms with Crippen LogP contribution in [0.15, 0.2) is 23.1 Å². The van der Waals surface area contributed by atoms with E-state index in [0.29, 0.717) is 6.04 Å². The maximum absolute atomic E-state index is 9.44. The smallest absolute Gasteiger partial charge is 0.102 e. The van der Waals surface area contributed by atoms with Crippen molar-refractivity contribution >= 4 is 17.4 Å². The van der Waals surface area contributed by atoms with Crippen LogP contribution in [0.5, 0.6) is 0 Å². The fraction of sp³-hybridized carbons (Fsp3) is 0.562. The lowest BCUT2D eigenvalue weighted by Crippen LogP contribution is -2.41. The van der Waals surface area contributed by atoms with Crippen LogP contribution in [-0.4, -0.2) is 36.3 Å². The Balaban J connectivity index is 2.12. The summed E-state index contributed by atoms with van der Waals surface area (Å²) in [5, 5.41) is 13.0. The second-order valence-corrected chi connectivity index (χ2v) is 6.41. The van der Waals surface area contributed by atoms with Crippen molar-refractivity contribution in [1.29, 1.82) is 5.26 Å². The van der Waals surface area contributed by atoms with Gasteiger partial charge in [0.15, 0.2) is 0 Å². The van der Waals surface area contributed by atoms with Gasteiger partial charge in [0.2, 0.25) is 0 Å². The molecule has 0 aromatic heterocycles. The van der Waals surface area contributed by atoms with Crippen molar-refractivity contribution in [3.05, 3.63) is 23.8 Å². The maximum atomic E-state index is 9.44. The van der Waals surface area contributed by atoms with E-state index in [2.05, 4.69) is 30.1 Å². The molecule has 1 heterocycles. The molecule has 1 aliphatic rings. The van der Waals surface area contributed by atoms with Gasteiger partial charge in [0.25, 0.3) is 0 Å². The summed E-state index contributed by atoms with van der Waals surface area (Å²) in [5.41, 5.74) is 1.79. The molecule has 20 heavy (non-hydrogen) atoms. The van der Waals surface area contributed by atoms with Crippen LogP contribution in [-0.2, 0) is 0 Å². The average Bonchev–Trinajstić information content (AvgIpc) is 2.48. The van der Waals surface area contributed by atoms with Gasteiger partial charge >= 0.3 is 0 Å². The molecule has 0 aliphatic carbocycles. The van der Waals surface area contributed by atoms with Crippen LogP contribution < -0.4 is 5.32 Å². The second-order valence-electron chi connectivity index (χ2n) is 5.10. The fourth-order valence-electron chi connectivity index (χ4n) is 2.72. The summed E-state index contributed by atoms with van der Waals surface area (Å²) in [4.78, 5) is 3.56. The number of rotatable bonds is 5. The van der Waals surface area contributed by atoms with Crippen molar-refractivity contribution in [3.8, 4) is 6.07 Å².